The summed E-state index contributed by atoms with van der Waals surface area (Å²) in [6.07, 6.45) is 14.5. The molecule has 4 fully saturated rings. The molecule has 52 heavy (non-hydrogen) atoms. The standard InChI is InChI=1S/C40H49F2N7O3/c1-4-6-12-29-26(3)19-32-30(22-44-49(32)33-13-7-8-18-51-33)34(29)37-35(42)36-31(21-43-37)38(47-15-9-11-28(24-47)50-17-5-2)46-39(45-36)52-25-40-14-10-16-48(40)23-27(41)20-40/h4-5,19,21-22,27-28,33H,1-2,6-18,20,23-25H2,3H3/t27-,28-,33?,40+/m1/s1. The van der Waals surface area contributed by atoms with Gasteiger partial charge in [0, 0.05) is 49.8 Å². The first-order chi connectivity index (χ1) is 25.4. The van der Waals surface area contributed by atoms with E-state index in [1.807, 2.05) is 17.0 Å². The van der Waals surface area contributed by atoms with Gasteiger partial charge in [-0.3, -0.25) is 9.88 Å². The van der Waals surface area contributed by atoms with E-state index >= 15 is 4.39 Å². The maximum absolute atomic E-state index is 17.5. The molecule has 4 aliphatic rings. The van der Waals surface area contributed by atoms with Crippen molar-refractivity contribution in [2.45, 2.75) is 95.2 Å². The molecule has 0 amide bonds. The third-order valence-corrected chi connectivity index (χ3v) is 11.5. The van der Waals surface area contributed by atoms with Crippen molar-refractivity contribution in [3.63, 3.8) is 0 Å². The Labute approximate surface area is 303 Å². The number of hydrogen-bond acceptors (Lipinski definition) is 9. The Morgan fingerprint density at radius 1 is 1.06 bits per heavy atom. The number of piperidine rings is 1. The molecule has 8 rings (SSSR count). The molecule has 0 bridgehead atoms. The van der Waals surface area contributed by atoms with Gasteiger partial charge in [0.15, 0.2) is 12.0 Å². The number of nitrogens with zero attached hydrogens (tertiary/aromatic N) is 7. The highest BCUT2D eigenvalue weighted by Gasteiger charge is 2.49. The largest absolute Gasteiger partial charge is 0.461 e. The molecule has 4 aromatic rings. The Bertz CT molecular complexity index is 1960. The van der Waals surface area contributed by atoms with Crippen LogP contribution in [0.1, 0.15) is 75.1 Å². The number of alkyl halides is 1. The molecule has 1 aromatic carbocycles. The minimum Gasteiger partial charge on any atom is -0.461 e. The Morgan fingerprint density at radius 2 is 1.96 bits per heavy atom. The van der Waals surface area contributed by atoms with E-state index in [-0.39, 0.29) is 36.2 Å². The number of ether oxygens (including phenoxy) is 3. The maximum Gasteiger partial charge on any atom is 0.319 e. The molecule has 4 saturated heterocycles. The van der Waals surface area contributed by atoms with Crippen LogP contribution in [0.15, 0.2) is 43.8 Å². The second-order valence-corrected chi connectivity index (χ2v) is 14.9. The fourth-order valence-corrected chi connectivity index (χ4v) is 8.97. The van der Waals surface area contributed by atoms with Crippen molar-refractivity contribution in [1.29, 1.82) is 0 Å². The molecule has 0 saturated carbocycles. The zero-order valence-corrected chi connectivity index (χ0v) is 30.2. The van der Waals surface area contributed by atoms with Crippen LogP contribution < -0.4 is 9.64 Å². The van der Waals surface area contributed by atoms with Crippen molar-refractivity contribution < 1.29 is 23.0 Å². The van der Waals surface area contributed by atoms with E-state index in [4.69, 9.17) is 34.3 Å². The third-order valence-electron chi connectivity index (χ3n) is 11.5. The maximum atomic E-state index is 17.5. The number of allylic oxidation sites excluding steroid dienone is 1. The summed E-state index contributed by atoms with van der Waals surface area (Å²) in [4.78, 5) is 18.9. The lowest BCUT2D eigenvalue weighted by molar-refractivity contribution is -0.0366. The Kier molecular flexibility index (Phi) is 9.97. The van der Waals surface area contributed by atoms with Crippen LogP contribution in [0.5, 0.6) is 6.01 Å². The van der Waals surface area contributed by atoms with Crippen LogP contribution in [0.4, 0.5) is 14.6 Å². The Hall–Kier alpha value is -4.00. The number of aromatic nitrogens is 5. The van der Waals surface area contributed by atoms with Gasteiger partial charge in [-0.15, -0.1) is 13.2 Å². The second-order valence-electron chi connectivity index (χ2n) is 14.9. The number of anilines is 1. The number of halogens is 2. The van der Waals surface area contributed by atoms with Gasteiger partial charge in [-0.2, -0.15) is 15.1 Å². The predicted molar refractivity (Wildman–Crippen MR) is 198 cm³/mol. The van der Waals surface area contributed by atoms with Gasteiger partial charge in [0.2, 0.25) is 0 Å². The molecule has 0 N–H and O–H groups in total. The smallest absolute Gasteiger partial charge is 0.319 e. The molecule has 4 aliphatic heterocycles. The van der Waals surface area contributed by atoms with Gasteiger partial charge in [0.25, 0.3) is 0 Å². The first-order valence-electron chi connectivity index (χ1n) is 19.0. The molecular formula is C40H49F2N7O3. The van der Waals surface area contributed by atoms with Crippen LogP contribution in [0.2, 0.25) is 0 Å². The molecule has 7 heterocycles. The summed E-state index contributed by atoms with van der Waals surface area (Å²) in [5.41, 5.74) is 3.56. The average Bonchev–Trinajstić information content (AvgIpc) is 3.84. The van der Waals surface area contributed by atoms with Crippen molar-refractivity contribution >= 4 is 27.6 Å². The van der Waals surface area contributed by atoms with E-state index in [1.54, 1.807) is 12.3 Å². The second kappa shape index (κ2) is 14.8. The molecular weight excluding hydrogens is 664 g/mol. The van der Waals surface area contributed by atoms with Crippen molar-refractivity contribution in [3.8, 4) is 17.3 Å². The van der Waals surface area contributed by atoms with E-state index in [9.17, 15) is 4.39 Å². The summed E-state index contributed by atoms with van der Waals surface area (Å²) in [5, 5.41) is 6.11. The van der Waals surface area contributed by atoms with Crippen LogP contribution in [0.25, 0.3) is 33.1 Å². The van der Waals surface area contributed by atoms with E-state index in [0.717, 1.165) is 86.5 Å². The monoisotopic (exact) mass is 713 g/mol. The lowest BCUT2D eigenvalue weighted by atomic mass is 9.91. The predicted octanol–water partition coefficient (Wildman–Crippen LogP) is 7.43. The van der Waals surface area contributed by atoms with E-state index < -0.39 is 17.5 Å². The normalized spacial score (nSPS) is 25.2. The summed E-state index contributed by atoms with van der Waals surface area (Å²) >= 11 is 0. The molecule has 276 valence electrons. The fourth-order valence-electron chi connectivity index (χ4n) is 8.97. The molecule has 0 aliphatic carbocycles. The topological polar surface area (TPSA) is 90.7 Å². The Balaban J connectivity index is 1.25. The van der Waals surface area contributed by atoms with E-state index in [2.05, 4.69) is 35.9 Å². The molecule has 3 aromatic heterocycles. The van der Waals surface area contributed by atoms with Crippen LogP contribution in [0.3, 0.4) is 0 Å². The minimum absolute atomic E-state index is 0.0261. The number of benzene rings is 1. The highest BCUT2D eigenvalue weighted by Crippen LogP contribution is 2.42. The van der Waals surface area contributed by atoms with Crippen LogP contribution in [0, 0.1) is 12.7 Å². The van der Waals surface area contributed by atoms with Crippen LogP contribution >= 0.6 is 0 Å². The van der Waals surface area contributed by atoms with Crippen molar-refractivity contribution in [3.05, 3.63) is 60.7 Å². The SMILES string of the molecule is C=CCCc1c(C)cc2c(cnn2C2CCCCO2)c1-c1ncc2c(N3CCC[C@@H](OCC=C)C3)nc(OC[C@@]34CCCN3C[C@H](F)C4)nc2c1F. The summed E-state index contributed by atoms with van der Waals surface area (Å²) < 4.78 is 52.6. The van der Waals surface area contributed by atoms with E-state index in [1.165, 1.54) is 0 Å². The van der Waals surface area contributed by atoms with Crippen molar-refractivity contribution in [2.24, 2.45) is 0 Å². The zero-order valence-electron chi connectivity index (χ0n) is 30.2. The van der Waals surface area contributed by atoms with Gasteiger partial charge >= 0.3 is 6.01 Å². The van der Waals surface area contributed by atoms with Gasteiger partial charge in [-0.1, -0.05) is 12.2 Å². The zero-order chi connectivity index (χ0) is 35.8. The number of hydrogen-bond donors (Lipinski definition) is 0. The summed E-state index contributed by atoms with van der Waals surface area (Å²) in [6, 6.07) is 2.21. The third kappa shape index (κ3) is 6.47. The average molecular weight is 714 g/mol. The first-order valence-corrected chi connectivity index (χ1v) is 19.0. The minimum atomic E-state index is -0.889. The van der Waals surface area contributed by atoms with E-state index in [0.29, 0.717) is 55.9 Å². The van der Waals surface area contributed by atoms with Gasteiger partial charge in [-0.05, 0) is 88.4 Å². The van der Waals surface area contributed by atoms with Crippen LogP contribution in [-0.4, -0.2) is 93.4 Å². The van der Waals surface area contributed by atoms with Gasteiger partial charge in [0.05, 0.1) is 35.3 Å². The highest BCUT2D eigenvalue weighted by atomic mass is 19.1. The lowest BCUT2D eigenvalue weighted by Gasteiger charge is -2.34. The van der Waals surface area contributed by atoms with Crippen molar-refractivity contribution in [1.82, 2.24) is 29.6 Å². The first kappa shape index (κ1) is 35.1. The quantitative estimate of drug-likeness (QED) is 0.139. The van der Waals surface area contributed by atoms with Crippen LogP contribution in [-0.2, 0) is 15.9 Å². The number of fused-ring (bicyclic) bond motifs is 3. The Morgan fingerprint density at radius 3 is 2.79 bits per heavy atom. The summed E-state index contributed by atoms with van der Waals surface area (Å²) in [7, 11) is 0. The van der Waals surface area contributed by atoms with Gasteiger partial charge in [-0.25, -0.2) is 13.5 Å². The van der Waals surface area contributed by atoms with Gasteiger partial charge < -0.3 is 19.1 Å². The molecule has 10 nitrogen and oxygen atoms in total. The molecule has 0 radical (unpaired) electrons. The number of rotatable bonds is 12. The summed E-state index contributed by atoms with van der Waals surface area (Å²) in [5.74, 6) is 0.0187. The summed E-state index contributed by atoms with van der Waals surface area (Å²) in [6.45, 7) is 13.8. The molecule has 0 spiro atoms. The number of aryl methyl sites for hydroxylation is 1. The molecule has 12 heteroatoms. The van der Waals surface area contributed by atoms with Gasteiger partial charge in [0.1, 0.15) is 29.8 Å². The van der Waals surface area contributed by atoms with Crippen molar-refractivity contribution in [2.75, 3.05) is 50.9 Å². The fraction of sp³-hybridized carbons (Fsp3) is 0.550. The molecule has 1 unspecified atom stereocenters. The number of pyridine rings is 1. The molecule has 4 atom stereocenters. The lowest BCUT2D eigenvalue weighted by Crippen LogP contribution is -2.43. The highest BCUT2D eigenvalue weighted by molar-refractivity contribution is 5.99.